The molecular formula is C15H10BrFO2. The normalized spacial score (nSPS) is 17.2. The number of hydrogen-bond donors (Lipinski definition) is 0. The fourth-order valence-corrected chi connectivity index (χ4v) is 2.59. The number of fused-ring (bicyclic) bond motifs is 1. The quantitative estimate of drug-likeness (QED) is 0.780. The van der Waals surface area contributed by atoms with Gasteiger partial charge in [0, 0.05) is 16.5 Å². The highest BCUT2D eigenvalue weighted by Crippen LogP contribution is 2.34. The number of halogens is 2. The van der Waals surface area contributed by atoms with Gasteiger partial charge in [-0.15, -0.1) is 0 Å². The van der Waals surface area contributed by atoms with Crippen molar-refractivity contribution in [1.29, 1.82) is 0 Å². The number of rotatable bonds is 2. The number of esters is 1. The number of benzene rings is 2. The molecule has 0 radical (unpaired) electrons. The highest BCUT2D eigenvalue weighted by atomic mass is 79.9. The monoisotopic (exact) mass is 320 g/mol. The molecule has 1 aliphatic rings. The lowest BCUT2D eigenvalue weighted by Crippen LogP contribution is -2.02. The molecule has 1 atom stereocenters. The summed E-state index contributed by atoms with van der Waals surface area (Å²) < 4.78 is 19.1. The molecule has 0 fully saturated rings. The standard InChI is InChI=1S/C15H10BrFO2/c16-10-3-6-12-13(8-10)15(18)19-14(12)7-9-1-4-11(17)5-2-9/h1-6,8,14H,7H2. The first-order valence-corrected chi connectivity index (χ1v) is 6.67. The van der Waals surface area contributed by atoms with Crippen LogP contribution in [-0.4, -0.2) is 5.97 Å². The van der Waals surface area contributed by atoms with E-state index in [9.17, 15) is 9.18 Å². The molecule has 0 saturated heterocycles. The lowest BCUT2D eigenvalue weighted by molar-refractivity contribution is 0.0387. The molecule has 1 aliphatic heterocycles. The second-order valence-electron chi connectivity index (χ2n) is 4.46. The zero-order valence-electron chi connectivity index (χ0n) is 9.90. The van der Waals surface area contributed by atoms with Crippen LogP contribution in [0.15, 0.2) is 46.9 Å². The molecule has 0 spiro atoms. The molecule has 1 unspecified atom stereocenters. The van der Waals surface area contributed by atoms with Crippen LogP contribution in [0.3, 0.4) is 0 Å². The Morgan fingerprint density at radius 3 is 2.63 bits per heavy atom. The summed E-state index contributed by atoms with van der Waals surface area (Å²) in [6.45, 7) is 0. The van der Waals surface area contributed by atoms with Crippen molar-refractivity contribution in [2.75, 3.05) is 0 Å². The number of cyclic esters (lactones) is 1. The smallest absolute Gasteiger partial charge is 0.339 e. The molecule has 0 bridgehead atoms. The third kappa shape index (κ3) is 2.40. The Morgan fingerprint density at radius 2 is 1.89 bits per heavy atom. The number of hydrogen-bond acceptors (Lipinski definition) is 2. The van der Waals surface area contributed by atoms with Gasteiger partial charge in [-0.1, -0.05) is 34.1 Å². The van der Waals surface area contributed by atoms with E-state index in [1.54, 1.807) is 18.2 Å². The van der Waals surface area contributed by atoms with Crippen LogP contribution in [0.5, 0.6) is 0 Å². The van der Waals surface area contributed by atoms with Crippen molar-refractivity contribution >= 4 is 21.9 Å². The van der Waals surface area contributed by atoms with E-state index in [4.69, 9.17) is 4.74 Å². The Morgan fingerprint density at radius 1 is 1.16 bits per heavy atom. The zero-order chi connectivity index (χ0) is 13.4. The molecule has 4 heteroatoms. The minimum atomic E-state index is -0.302. The predicted octanol–water partition coefficient (Wildman–Crippen LogP) is 4.04. The summed E-state index contributed by atoms with van der Waals surface area (Å²) >= 11 is 3.34. The van der Waals surface area contributed by atoms with Crippen molar-refractivity contribution in [2.24, 2.45) is 0 Å². The molecular weight excluding hydrogens is 311 g/mol. The highest BCUT2D eigenvalue weighted by Gasteiger charge is 2.30. The molecule has 1 heterocycles. The summed E-state index contributed by atoms with van der Waals surface area (Å²) in [7, 11) is 0. The Bertz CT molecular complexity index is 637. The molecule has 2 aromatic rings. The molecule has 0 aromatic heterocycles. The van der Waals surface area contributed by atoms with E-state index in [2.05, 4.69) is 15.9 Å². The van der Waals surface area contributed by atoms with Crippen LogP contribution >= 0.6 is 15.9 Å². The van der Waals surface area contributed by atoms with E-state index >= 15 is 0 Å². The average molecular weight is 321 g/mol. The van der Waals surface area contributed by atoms with Crippen LogP contribution in [0, 0.1) is 5.82 Å². The summed E-state index contributed by atoms with van der Waals surface area (Å²) in [6.07, 6.45) is 0.266. The number of carbonyl (C=O) groups is 1. The summed E-state index contributed by atoms with van der Waals surface area (Å²) in [5.41, 5.74) is 2.42. The SMILES string of the molecule is O=C1OC(Cc2ccc(F)cc2)c2ccc(Br)cc21. The Labute approximate surface area is 118 Å². The first kappa shape index (κ1) is 12.4. The molecule has 96 valence electrons. The van der Waals surface area contributed by atoms with E-state index in [0.29, 0.717) is 12.0 Å². The molecule has 2 aromatic carbocycles. The summed E-state index contributed by atoms with van der Waals surface area (Å²) in [6, 6.07) is 11.8. The van der Waals surface area contributed by atoms with E-state index in [1.807, 2.05) is 12.1 Å². The van der Waals surface area contributed by atoms with Crippen molar-refractivity contribution in [3.63, 3.8) is 0 Å². The highest BCUT2D eigenvalue weighted by molar-refractivity contribution is 9.10. The van der Waals surface area contributed by atoms with E-state index in [1.165, 1.54) is 12.1 Å². The van der Waals surface area contributed by atoms with Gasteiger partial charge in [0.1, 0.15) is 11.9 Å². The topological polar surface area (TPSA) is 26.3 Å². The fourth-order valence-electron chi connectivity index (χ4n) is 2.23. The third-order valence-corrected chi connectivity index (χ3v) is 3.66. The largest absolute Gasteiger partial charge is 0.454 e. The molecule has 19 heavy (non-hydrogen) atoms. The van der Waals surface area contributed by atoms with Crippen molar-refractivity contribution < 1.29 is 13.9 Å². The van der Waals surface area contributed by atoms with Crippen LogP contribution in [0.25, 0.3) is 0 Å². The van der Waals surface area contributed by atoms with Crippen molar-refractivity contribution in [1.82, 2.24) is 0 Å². The van der Waals surface area contributed by atoms with Crippen LogP contribution in [0.1, 0.15) is 27.6 Å². The molecule has 0 saturated carbocycles. The van der Waals surface area contributed by atoms with Crippen molar-refractivity contribution in [3.05, 3.63) is 69.4 Å². The van der Waals surface area contributed by atoms with Gasteiger partial charge in [-0.2, -0.15) is 0 Å². The summed E-state index contributed by atoms with van der Waals surface area (Å²) in [4.78, 5) is 11.8. The maximum Gasteiger partial charge on any atom is 0.339 e. The maximum atomic E-state index is 12.9. The fraction of sp³-hybridized carbons (Fsp3) is 0.133. The van der Waals surface area contributed by atoms with Crippen LogP contribution in [0.2, 0.25) is 0 Å². The lowest BCUT2D eigenvalue weighted by atomic mass is 9.99. The van der Waals surface area contributed by atoms with Crippen LogP contribution in [0.4, 0.5) is 4.39 Å². The van der Waals surface area contributed by atoms with Gasteiger partial charge < -0.3 is 4.74 Å². The van der Waals surface area contributed by atoms with E-state index < -0.39 is 0 Å². The zero-order valence-corrected chi connectivity index (χ0v) is 11.5. The second kappa shape index (κ2) is 4.78. The van der Waals surface area contributed by atoms with Gasteiger partial charge in [-0.05, 0) is 29.8 Å². The van der Waals surface area contributed by atoms with Gasteiger partial charge in [-0.25, -0.2) is 9.18 Å². The van der Waals surface area contributed by atoms with Gasteiger partial charge in [0.05, 0.1) is 5.56 Å². The van der Waals surface area contributed by atoms with Crippen LogP contribution < -0.4 is 0 Å². The van der Waals surface area contributed by atoms with Gasteiger partial charge in [0.15, 0.2) is 0 Å². The van der Waals surface area contributed by atoms with Gasteiger partial charge >= 0.3 is 5.97 Å². The lowest BCUT2D eigenvalue weighted by Gasteiger charge is -2.10. The van der Waals surface area contributed by atoms with E-state index in [-0.39, 0.29) is 17.9 Å². The average Bonchev–Trinajstić information content (AvgIpc) is 2.69. The Balaban J connectivity index is 1.89. The minimum absolute atomic E-state index is 0.267. The summed E-state index contributed by atoms with van der Waals surface area (Å²) in [5, 5.41) is 0. The van der Waals surface area contributed by atoms with Crippen molar-refractivity contribution in [3.8, 4) is 0 Å². The van der Waals surface area contributed by atoms with Crippen LogP contribution in [-0.2, 0) is 11.2 Å². The van der Waals surface area contributed by atoms with Crippen molar-refractivity contribution in [2.45, 2.75) is 12.5 Å². The molecule has 3 rings (SSSR count). The molecule has 2 nitrogen and oxygen atoms in total. The summed E-state index contributed by atoms with van der Waals surface area (Å²) in [5.74, 6) is -0.570. The number of carbonyl (C=O) groups excluding carboxylic acids is 1. The van der Waals surface area contributed by atoms with Gasteiger partial charge in [0.2, 0.25) is 0 Å². The Kier molecular flexibility index (Phi) is 3.11. The number of ether oxygens (including phenoxy) is 1. The first-order valence-electron chi connectivity index (χ1n) is 5.88. The first-order chi connectivity index (χ1) is 9.13. The third-order valence-electron chi connectivity index (χ3n) is 3.17. The predicted molar refractivity (Wildman–Crippen MR) is 72.4 cm³/mol. The molecule has 0 aliphatic carbocycles. The van der Waals surface area contributed by atoms with E-state index in [0.717, 1.165) is 15.6 Å². The maximum absolute atomic E-state index is 12.9. The van der Waals surface area contributed by atoms with Gasteiger partial charge in [0.25, 0.3) is 0 Å². The minimum Gasteiger partial charge on any atom is -0.454 e. The Hall–Kier alpha value is -1.68. The molecule has 0 amide bonds. The van der Waals surface area contributed by atoms with Gasteiger partial charge in [-0.3, -0.25) is 0 Å². The second-order valence-corrected chi connectivity index (χ2v) is 5.37. The molecule has 0 N–H and O–H groups in total.